The Morgan fingerprint density at radius 2 is 1.93 bits per heavy atom. The van der Waals surface area contributed by atoms with E-state index in [1.807, 2.05) is 12.1 Å². The third-order valence-corrected chi connectivity index (χ3v) is 5.53. The molecule has 7 heteroatoms. The van der Waals surface area contributed by atoms with Crippen LogP contribution in [0.25, 0.3) is 16.7 Å². The smallest absolute Gasteiger partial charge is 0.262 e. The van der Waals surface area contributed by atoms with Gasteiger partial charge < -0.3 is 4.98 Å². The number of H-pyrrole nitrogens is 1. The van der Waals surface area contributed by atoms with Gasteiger partial charge in [0.2, 0.25) is 0 Å². The monoisotopic (exact) mass is 396 g/mol. The van der Waals surface area contributed by atoms with Gasteiger partial charge in [-0.1, -0.05) is 47.1 Å². The van der Waals surface area contributed by atoms with Crippen molar-refractivity contribution in [2.75, 3.05) is 0 Å². The minimum Gasteiger partial charge on any atom is -0.301 e. The number of thioether (sulfide) groups is 1. The molecule has 0 aliphatic carbocycles. The molecule has 0 radical (unpaired) electrons. The summed E-state index contributed by atoms with van der Waals surface area (Å²) in [5.41, 5.74) is 4.82. The van der Waals surface area contributed by atoms with Crippen LogP contribution in [0.15, 0.2) is 58.6 Å². The molecule has 0 atom stereocenters. The highest BCUT2D eigenvalue weighted by Crippen LogP contribution is 2.23. The van der Waals surface area contributed by atoms with Crippen molar-refractivity contribution < 1.29 is 0 Å². The molecule has 136 valence electrons. The molecule has 2 aromatic carbocycles. The Bertz CT molecular complexity index is 1180. The largest absolute Gasteiger partial charge is 0.301 e. The molecule has 0 aliphatic heterocycles. The Hall–Kier alpha value is -2.57. The van der Waals surface area contributed by atoms with E-state index in [-0.39, 0.29) is 5.56 Å². The van der Waals surface area contributed by atoms with Crippen LogP contribution in [0.1, 0.15) is 16.7 Å². The molecule has 4 aromatic rings. The first-order valence-corrected chi connectivity index (χ1v) is 9.80. The summed E-state index contributed by atoms with van der Waals surface area (Å²) in [5.74, 6) is 0.733. The van der Waals surface area contributed by atoms with Gasteiger partial charge in [0.25, 0.3) is 5.56 Å². The Kier molecular flexibility index (Phi) is 4.76. The maximum Gasteiger partial charge on any atom is 0.262 e. The van der Waals surface area contributed by atoms with E-state index in [1.54, 1.807) is 16.8 Å². The summed E-state index contributed by atoms with van der Waals surface area (Å²) in [4.78, 5) is 19.9. The number of aromatic amines is 1. The molecule has 0 bridgehead atoms. The normalized spacial score (nSPS) is 11.2. The maximum absolute atomic E-state index is 12.4. The van der Waals surface area contributed by atoms with Crippen molar-refractivity contribution in [3.8, 4) is 5.69 Å². The maximum atomic E-state index is 12.4. The number of fused-ring (bicyclic) bond motifs is 1. The fraction of sp³-hybridized carbons (Fsp3) is 0.150. The molecule has 0 fully saturated rings. The quantitative estimate of drug-likeness (QED) is 0.402. The molecule has 0 amide bonds. The molecule has 0 saturated carbocycles. The molecule has 27 heavy (non-hydrogen) atoms. The van der Waals surface area contributed by atoms with Gasteiger partial charge in [-0.25, -0.2) is 9.67 Å². The average Bonchev–Trinajstić information content (AvgIpc) is 3.08. The Balaban J connectivity index is 1.70. The topological polar surface area (TPSA) is 63.6 Å². The molecule has 2 heterocycles. The Morgan fingerprint density at radius 3 is 2.70 bits per heavy atom. The summed E-state index contributed by atoms with van der Waals surface area (Å²) >= 11 is 7.47. The van der Waals surface area contributed by atoms with Crippen LogP contribution >= 0.6 is 23.4 Å². The highest BCUT2D eigenvalue weighted by atomic mass is 35.5. The van der Waals surface area contributed by atoms with E-state index in [2.05, 4.69) is 47.1 Å². The van der Waals surface area contributed by atoms with Crippen LogP contribution in [0.5, 0.6) is 0 Å². The molecule has 1 N–H and O–H groups in total. The SMILES string of the molecule is Cc1ccc(C)c(CSc2nc3c(cnn3-c3ccc(Cl)cc3)c(=O)[nH]2)c1. The van der Waals surface area contributed by atoms with Crippen molar-refractivity contribution in [2.45, 2.75) is 24.8 Å². The summed E-state index contributed by atoms with van der Waals surface area (Å²) in [6, 6.07) is 13.6. The van der Waals surface area contributed by atoms with Crippen LogP contribution in [-0.2, 0) is 5.75 Å². The van der Waals surface area contributed by atoms with E-state index in [0.29, 0.717) is 21.2 Å². The zero-order chi connectivity index (χ0) is 19.0. The second-order valence-electron chi connectivity index (χ2n) is 6.36. The third-order valence-electron chi connectivity index (χ3n) is 4.36. The summed E-state index contributed by atoms with van der Waals surface area (Å²) in [6.07, 6.45) is 1.54. The minimum absolute atomic E-state index is 0.191. The van der Waals surface area contributed by atoms with Crippen LogP contribution in [0.4, 0.5) is 0 Å². The zero-order valence-corrected chi connectivity index (χ0v) is 16.4. The summed E-state index contributed by atoms with van der Waals surface area (Å²) in [7, 11) is 0. The molecule has 0 unspecified atom stereocenters. The number of rotatable bonds is 4. The van der Waals surface area contributed by atoms with E-state index >= 15 is 0 Å². The van der Waals surface area contributed by atoms with Crippen molar-refractivity contribution in [1.29, 1.82) is 0 Å². The summed E-state index contributed by atoms with van der Waals surface area (Å²) in [6.45, 7) is 4.16. The van der Waals surface area contributed by atoms with Gasteiger partial charge in [-0.3, -0.25) is 4.79 Å². The van der Waals surface area contributed by atoms with E-state index in [4.69, 9.17) is 11.6 Å². The number of aryl methyl sites for hydroxylation is 2. The van der Waals surface area contributed by atoms with Crippen LogP contribution in [0, 0.1) is 13.8 Å². The van der Waals surface area contributed by atoms with Crippen LogP contribution < -0.4 is 5.56 Å². The number of hydrogen-bond acceptors (Lipinski definition) is 4. The predicted molar refractivity (Wildman–Crippen MR) is 110 cm³/mol. The zero-order valence-electron chi connectivity index (χ0n) is 14.9. The molecule has 0 aliphatic rings. The lowest BCUT2D eigenvalue weighted by Crippen LogP contribution is -2.09. The van der Waals surface area contributed by atoms with Crippen molar-refractivity contribution in [2.24, 2.45) is 0 Å². The summed E-state index contributed by atoms with van der Waals surface area (Å²) < 4.78 is 1.66. The highest BCUT2D eigenvalue weighted by Gasteiger charge is 2.12. The second kappa shape index (κ2) is 7.21. The molecule has 0 saturated heterocycles. The molecule has 2 aromatic heterocycles. The lowest BCUT2D eigenvalue weighted by molar-refractivity contribution is 0.873. The van der Waals surface area contributed by atoms with Gasteiger partial charge in [-0.15, -0.1) is 0 Å². The number of hydrogen-bond donors (Lipinski definition) is 1. The fourth-order valence-corrected chi connectivity index (χ4v) is 3.88. The summed E-state index contributed by atoms with van der Waals surface area (Å²) in [5, 5.41) is 6.00. The van der Waals surface area contributed by atoms with Gasteiger partial charge in [0.15, 0.2) is 10.8 Å². The predicted octanol–water partition coefficient (Wildman–Crippen LogP) is 4.67. The number of nitrogens with zero attached hydrogens (tertiary/aromatic N) is 3. The number of nitrogens with one attached hydrogen (secondary N) is 1. The third kappa shape index (κ3) is 3.63. The molecule has 5 nitrogen and oxygen atoms in total. The number of benzene rings is 2. The lowest BCUT2D eigenvalue weighted by atomic mass is 10.1. The van der Waals surface area contributed by atoms with Gasteiger partial charge in [-0.05, 0) is 49.2 Å². The molecule has 4 rings (SSSR count). The van der Waals surface area contributed by atoms with Crippen molar-refractivity contribution in [3.05, 3.63) is 80.7 Å². The molecule has 0 spiro atoms. The van der Waals surface area contributed by atoms with Crippen molar-refractivity contribution >= 4 is 34.4 Å². The van der Waals surface area contributed by atoms with Gasteiger partial charge in [0, 0.05) is 10.8 Å². The van der Waals surface area contributed by atoms with E-state index in [0.717, 1.165) is 11.4 Å². The van der Waals surface area contributed by atoms with E-state index in [9.17, 15) is 4.79 Å². The molecular formula is C20H17ClN4OS. The number of halogens is 1. The van der Waals surface area contributed by atoms with Gasteiger partial charge in [0.1, 0.15) is 5.39 Å². The average molecular weight is 397 g/mol. The van der Waals surface area contributed by atoms with Gasteiger partial charge in [-0.2, -0.15) is 5.10 Å². The van der Waals surface area contributed by atoms with Crippen LogP contribution in [-0.4, -0.2) is 19.7 Å². The van der Waals surface area contributed by atoms with Crippen LogP contribution in [0.2, 0.25) is 5.02 Å². The standard InChI is InChI=1S/C20H17ClN4OS/c1-12-3-4-13(2)14(9-12)11-27-20-23-18-17(19(26)24-20)10-22-25(18)16-7-5-15(21)6-8-16/h3-10H,11H2,1-2H3,(H,23,24,26). The van der Waals surface area contributed by atoms with Crippen molar-refractivity contribution in [1.82, 2.24) is 19.7 Å². The minimum atomic E-state index is -0.191. The van der Waals surface area contributed by atoms with E-state index in [1.165, 1.54) is 34.6 Å². The first-order chi connectivity index (χ1) is 13.0. The van der Waals surface area contributed by atoms with Crippen molar-refractivity contribution in [3.63, 3.8) is 0 Å². The van der Waals surface area contributed by atoms with E-state index < -0.39 is 0 Å². The highest BCUT2D eigenvalue weighted by molar-refractivity contribution is 7.98. The van der Waals surface area contributed by atoms with Gasteiger partial charge in [0.05, 0.1) is 11.9 Å². The first-order valence-electron chi connectivity index (χ1n) is 8.44. The first kappa shape index (κ1) is 17.8. The number of aromatic nitrogens is 4. The lowest BCUT2D eigenvalue weighted by Gasteiger charge is -2.07. The Labute approximate surface area is 165 Å². The van der Waals surface area contributed by atoms with Crippen LogP contribution in [0.3, 0.4) is 0 Å². The fourth-order valence-electron chi connectivity index (χ4n) is 2.84. The molecular weight excluding hydrogens is 380 g/mol. The Morgan fingerprint density at radius 1 is 1.15 bits per heavy atom. The van der Waals surface area contributed by atoms with Gasteiger partial charge >= 0.3 is 0 Å². The second-order valence-corrected chi connectivity index (χ2v) is 7.76.